The molecule has 0 aromatic carbocycles. The lowest BCUT2D eigenvalue weighted by Gasteiger charge is -2.42. The first kappa shape index (κ1) is 15.3. The minimum absolute atomic E-state index is 0.187. The SMILES string of the molecule is CC(=O)N[C@H]1[C@@H](OC(C)C)O[C@@H](CO)[C@@H](O)[C@H]1O. The first-order valence-electron chi connectivity index (χ1n) is 5.91. The molecule has 106 valence electrons. The fraction of sp³-hybridized carbons (Fsp3) is 0.909. The van der Waals surface area contributed by atoms with Crippen LogP contribution in [0.5, 0.6) is 0 Å². The quantitative estimate of drug-likeness (QED) is 0.484. The van der Waals surface area contributed by atoms with Crippen molar-refractivity contribution in [2.75, 3.05) is 6.61 Å². The molecule has 0 aromatic rings. The molecule has 1 saturated heterocycles. The monoisotopic (exact) mass is 263 g/mol. The van der Waals surface area contributed by atoms with Crippen LogP contribution in [0, 0.1) is 0 Å². The highest BCUT2D eigenvalue weighted by molar-refractivity contribution is 5.73. The van der Waals surface area contributed by atoms with Gasteiger partial charge in [-0.25, -0.2) is 0 Å². The molecule has 7 nitrogen and oxygen atoms in total. The van der Waals surface area contributed by atoms with E-state index in [9.17, 15) is 15.0 Å². The maximum atomic E-state index is 11.1. The normalized spacial score (nSPS) is 36.7. The molecule has 4 N–H and O–H groups in total. The zero-order valence-electron chi connectivity index (χ0n) is 10.7. The predicted octanol–water partition coefficient (Wildman–Crippen LogP) is -1.64. The van der Waals surface area contributed by atoms with Gasteiger partial charge in [-0.15, -0.1) is 0 Å². The van der Waals surface area contributed by atoms with Crippen molar-refractivity contribution in [1.29, 1.82) is 0 Å². The third kappa shape index (κ3) is 3.63. The van der Waals surface area contributed by atoms with Gasteiger partial charge in [-0.1, -0.05) is 0 Å². The molecule has 0 aliphatic carbocycles. The van der Waals surface area contributed by atoms with Gasteiger partial charge in [-0.2, -0.15) is 0 Å². The van der Waals surface area contributed by atoms with Crippen LogP contribution >= 0.6 is 0 Å². The predicted molar refractivity (Wildman–Crippen MR) is 61.6 cm³/mol. The molecule has 1 heterocycles. The second-order valence-electron chi connectivity index (χ2n) is 4.62. The van der Waals surface area contributed by atoms with E-state index >= 15 is 0 Å². The summed E-state index contributed by atoms with van der Waals surface area (Å²) in [6.07, 6.45) is -4.58. The number of carbonyl (C=O) groups excluding carboxylic acids is 1. The first-order valence-corrected chi connectivity index (χ1v) is 5.91. The lowest BCUT2D eigenvalue weighted by atomic mass is 9.97. The van der Waals surface area contributed by atoms with Gasteiger partial charge in [0.2, 0.25) is 5.91 Å². The fourth-order valence-corrected chi connectivity index (χ4v) is 1.85. The number of carbonyl (C=O) groups is 1. The molecule has 5 atom stereocenters. The molecule has 0 aromatic heterocycles. The van der Waals surface area contributed by atoms with Crippen LogP contribution in [-0.2, 0) is 14.3 Å². The summed E-state index contributed by atoms with van der Waals surface area (Å²) >= 11 is 0. The number of aliphatic hydroxyl groups excluding tert-OH is 3. The molecular formula is C11H21NO6. The van der Waals surface area contributed by atoms with E-state index in [0.717, 1.165) is 0 Å². The average Bonchev–Trinajstić information content (AvgIpc) is 2.27. The second kappa shape index (κ2) is 6.44. The van der Waals surface area contributed by atoms with Crippen molar-refractivity contribution < 1.29 is 29.6 Å². The summed E-state index contributed by atoms with van der Waals surface area (Å²) in [5.41, 5.74) is 0. The Morgan fingerprint density at radius 1 is 1.39 bits per heavy atom. The zero-order valence-corrected chi connectivity index (χ0v) is 10.7. The Kier molecular flexibility index (Phi) is 5.48. The minimum Gasteiger partial charge on any atom is -0.394 e. The largest absolute Gasteiger partial charge is 0.394 e. The lowest BCUT2D eigenvalue weighted by Crippen LogP contribution is -2.64. The maximum Gasteiger partial charge on any atom is 0.217 e. The summed E-state index contributed by atoms with van der Waals surface area (Å²) in [7, 11) is 0. The van der Waals surface area contributed by atoms with Gasteiger partial charge >= 0.3 is 0 Å². The van der Waals surface area contributed by atoms with Crippen LogP contribution in [0.25, 0.3) is 0 Å². The Bertz CT molecular complexity index is 285. The average molecular weight is 263 g/mol. The van der Waals surface area contributed by atoms with E-state index in [4.69, 9.17) is 14.6 Å². The van der Waals surface area contributed by atoms with Crippen LogP contribution in [0.4, 0.5) is 0 Å². The summed E-state index contributed by atoms with van der Waals surface area (Å²) in [4.78, 5) is 11.1. The maximum absolute atomic E-state index is 11.1. The first-order chi connectivity index (χ1) is 8.36. The Hall–Kier alpha value is -0.730. The van der Waals surface area contributed by atoms with Crippen LogP contribution in [0.3, 0.4) is 0 Å². The van der Waals surface area contributed by atoms with Crippen molar-refractivity contribution in [2.45, 2.75) is 57.5 Å². The van der Waals surface area contributed by atoms with Gasteiger partial charge in [-0.05, 0) is 13.8 Å². The number of ether oxygens (including phenoxy) is 2. The number of hydrogen-bond acceptors (Lipinski definition) is 6. The van der Waals surface area contributed by atoms with Crippen molar-refractivity contribution in [3.05, 3.63) is 0 Å². The highest BCUT2D eigenvalue weighted by Gasteiger charge is 2.45. The summed E-state index contributed by atoms with van der Waals surface area (Å²) in [6, 6.07) is -0.873. The Balaban J connectivity index is 2.83. The third-order valence-electron chi connectivity index (χ3n) is 2.66. The van der Waals surface area contributed by atoms with Crippen LogP contribution in [0.15, 0.2) is 0 Å². The summed E-state index contributed by atoms with van der Waals surface area (Å²) in [5, 5.41) is 31.2. The van der Waals surface area contributed by atoms with E-state index in [1.54, 1.807) is 13.8 Å². The van der Waals surface area contributed by atoms with E-state index in [-0.39, 0.29) is 12.0 Å². The molecule has 1 aliphatic heterocycles. The molecule has 0 spiro atoms. The smallest absolute Gasteiger partial charge is 0.217 e. The minimum atomic E-state index is -1.28. The van der Waals surface area contributed by atoms with Gasteiger partial charge in [0.25, 0.3) is 0 Å². The topological polar surface area (TPSA) is 108 Å². The molecule has 1 aliphatic rings. The van der Waals surface area contributed by atoms with E-state index in [1.165, 1.54) is 6.92 Å². The summed E-state index contributed by atoms with van der Waals surface area (Å²) in [6.45, 7) is 4.41. The number of amides is 1. The molecule has 0 unspecified atom stereocenters. The van der Waals surface area contributed by atoms with Crippen LogP contribution in [0.1, 0.15) is 20.8 Å². The molecule has 0 bridgehead atoms. The van der Waals surface area contributed by atoms with Gasteiger partial charge in [0, 0.05) is 6.92 Å². The molecule has 1 rings (SSSR count). The molecule has 1 amide bonds. The second-order valence-corrected chi connectivity index (χ2v) is 4.62. The highest BCUT2D eigenvalue weighted by atomic mass is 16.7. The van der Waals surface area contributed by atoms with E-state index in [0.29, 0.717) is 0 Å². The van der Waals surface area contributed by atoms with Crippen molar-refractivity contribution in [3.8, 4) is 0 Å². The van der Waals surface area contributed by atoms with Gasteiger partial charge in [-0.3, -0.25) is 4.79 Å². The number of nitrogens with one attached hydrogen (secondary N) is 1. The van der Waals surface area contributed by atoms with Crippen LogP contribution in [0.2, 0.25) is 0 Å². The highest BCUT2D eigenvalue weighted by Crippen LogP contribution is 2.22. The van der Waals surface area contributed by atoms with Gasteiger partial charge < -0.3 is 30.1 Å². The lowest BCUT2D eigenvalue weighted by molar-refractivity contribution is -0.278. The van der Waals surface area contributed by atoms with Gasteiger partial charge in [0.1, 0.15) is 24.4 Å². The number of aliphatic hydroxyl groups is 3. The molecule has 0 radical (unpaired) electrons. The number of rotatable bonds is 4. The summed E-state index contributed by atoms with van der Waals surface area (Å²) < 4.78 is 10.8. The van der Waals surface area contributed by atoms with Crippen molar-refractivity contribution in [1.82, 2.24) is 5.32 Å². The zero-order chi connectivity index (χ0) is 13.9. The van der Waals surface area contributed by atoms with Gasteiger partial charge in [0.05, 0.1) is 12.7 Å². The van der Waals surface area contributed by atoms with Crippen molar-refractivity contribution in [2.24, 2.45) is 0 Å². The van der Waals surface area contributed by atoms with Crippen LogP contribution in [-0.4, -0.2) is 64.6 Å². The van der Waals surface area contributed by atoms with Crippen molar-refractivity contribution in [3.63, 3.8) is 0 Å². The standard InChI is InChI=1S/C11H21NO6/c1-5(2)17-11-8(12-6(3)14)10(16)9(15)7(4-13)18-11/h5,7-11,13,15-16H,4H2,1-3H3,(H,12,14)/t7-,8+,9+,10-,11-/m0/s1. The van der Waals surface area contributed by atoms with Crippen LogP contribution < -0.4 is 5.32 Å². The van der Waals surface area contributed by atoms with E-state index < -0.39 is 37.3 Å². The Labute approximate surface area is 106 Å². The molecule has 0 saturated carbocycles. The Morgan fingerprint density at radius 3 is 2.44 bits per heavy atom. The third-order valence-corrected chi connectivity index (χ3v) is 2.66. The molecule has 1 fully saturated rings. The fourth-order valence-electron chi connectivity index (χ4n) is 1.85. The molecule has 18 heavy (non-hydrogen) atoms. The number of hydrogen-bond donors (Lipinski definition) is 4. The Morgan fingerprint density at radius 2 is 2.00 bits per heavy atom. The van der Waals surface area contributed by atoms with Gasteiger partial charge in [0.15, 0.2) is 6.29 Å². The van der Waals surface area contributed by atoms with Crippen molar-refractivity contribution >= 4 is 5.91 Å². The van der Waals surface area contributed by atoms with E-state index in [1.807, 2.05) is 0 Å². The molecule has 7 heteroatoms. The summed E-state index contributed by atoms with van der Waals surface area (Å²) in [5.74, 6) is -0.366. The van der Waals surface area contributed by atoms with E-state index in [2.05, 4.69) is 5.32 Å². The molecular weight excluding hydrogens is 242 g/mol.